The predicted molar refractivity (Wildman–Crippen MR) is 183 cm³/mol. The first-order valence-corrected chi connectivity index (χ1v) is 19.9. The van der Waals surface area contributed by atoms with Crippen LogP contribution < -0.4 is 21.3 Å². The minimum Gasteiger partial charge on any atom is -0.467 e. The SMILES string of the molecule is COC(=O)C1CSSC[C@@H](C(=O)OC)NC(=O)CCCCC(=O)N[C@H](C(=O)OC)CSSCC(C(=O)OC)NC(=O)CCCCC(=O)N1. The Bertz CT molecular complexity index is 948. The highest BCUT2D eigenvalue weighted by Crippen LogP contribution is 2.25. The second-order valence-electron chi connectivity index (χ2n) is 10.1. The van der Waals surface area contributed by atoms with Crippen molar-refractivity contribution < 1.29 is 57.3 Å². The van der Waals surface area contributed by atoms with Crippen LogP contribution in [0.25, 0.3) is 0 Å². The minimum atomic E-state index is -0.974. The molecule has 0 aromatic rings. The molecular weight excluding hydrogens is 713 g/mol. The van der Waals surface area contributed by atoms with E-state index < -0.39 is 71.7 Å². The van der Waals surface area contributed by atoms with E-state index in [0.29, 0.717) is 25.7 Å². The standard InChI is InChI=1S/C28H44N4O12S4/c1-41-25(37)17-13-45-46-14-18(26(38)42-2)30-23(35)11-7-8-12-24(36)32-20(28(40)44-4)16-48-47-15-19(27(39)43-3)31-22(34)10-6-5-9-21(33)29-17/h17-20H,5-16H2,1-4H3,(H,29,33)(H,30,35)(H,31,34)(H,32,36)/t17-,18?,19-,20?/m0/s1. The predicted octanol–water partition coefficient (Wildman–Crippen LogP) is 0.515. The van der Waals surface area contributed by atoms with E-state index in [1.165, 1.54) is 71.6 Å². The zero-order valence-electron chi connectivity index (χ0n) is 27.3. The van der Waals surface area contributed by atoms with Crippen LogP contribution in [0.3, 0.4) is 0 Å². The van der Waals surface area contributed by atoms with Gasteiger partial charge in [-0.05, 0) is 25.7 Å². The summed E-state index contributed by atoms with van der Waals surface area (Å²) in [4.78, 5) is 99.2. The Labute approximate surface area is 295 Å². The van der Waals surface area contributed by atoms with Crippen molar-refractivity contribution in [3.8, 4) is 0 Å². The average Bonchev–Trinajstić information content (AvgIpc) is 3.08. The number of ether oxygens (including phenoxy) is 4. The van der Waals surface area contributed by atoms with E-state index in [2.05, 4.69) is 21.3 Å². The fourth-order valence-corrected chi connectivity index (χ4v) is 8.51. The third-order valence-corrected chi connectivity index (χ3v) is 11.3. The molecule has 1 aliphatic heterocycles. The van der Waals surface area contributed by atoms with Crippen molar-refractivity contribution in [3.63, 3.8) is 0 Å². The van der Waals surface area contributed by atoms with Gasteiger partial charge >= 0.3 is 23.9 Å². The molecule has 1 rings (SSSR count). The van der Waals surface area contributed by atoms with E-state index in [1.807, 2.05) is 0 Å². The Morgan fingerprint density at radius 2 is 0.625 bits per heavy atom. The maximum atomic E-state index is 12.5. The van der Waals surface area contributed by atoms with Gasteiger partial charge in [0.15, 0.2) is 0 Å². The van der Waals surface area contributed by atoms with Crippen molar-refractivity contribution in [2.45, 2.75) is 75.5 Å². The number of amides is 4. The molecule has 20 heteroatoms. The lowest BCUT2D eigenvalue weighted by Crippen LogP contribution is -2.44. The lowest BCUT2D eigenvalue weighted by atomic mass is 10.1. The van der Waals surface area contributed by atoms with E-state index >= 15 is 0 Å². The Morgan fingerprint density at radius 3 is 0.792 bits per heavy atom. The molecule has 2 unspecified atom stereocenters. The van der Waals surface area contributed by atoms with Crippen LogP contribution in [0.1, 0.15) is 51.4 Å². The third kappa shape index (κ3) is 18.1. The van der Waals surface area contributed by atoms with Crippen LogP contribution in [0.5, 0.6) is 0 Å². The van der Waals surface area contributed by atoms with Crippen molar-refractivity contribution >= 4 is 90.7 Å². The zero-order chi connectivity index (χ0) is 35.9. The Balaban J connectivity index is 2.98. The quantitative estimate of drug-likeness (QED) is 0.174. The van der Waals surface area contributed by atoms with E-state index in [0.717, 1.165) is 0 Å². The monoisotopic (exact) mass is 756 g/mol. The largest absolute Gasteiger partial charge is 0.467 e. The molecule has 1 saturated heterocycles. The zero-order valence-corrected chi connectivity index (χ0v) is 30.6. The van der Waals surface area contributed by atoms with Crippen LogP contribution in [-0.4, -0.2) is 123 Å². The molecule has 48 heavy (non-hydrogen) atoms. The molecule has 0 aliphatic carbocycles. The highest BCUT2D eigenvalue weighted by atomic mass is 33.1. The first kappa shape index (κ1) is 43.2. The van der Waals surface area contributed by atoms with Crippen molar-refractivity contribution in [2.24, 2.45) is 0 Å². The molecule has 0 aromatic carbocycles. The van der Waals surface area contributed by atoms with Crippen molar-refractivity contribution in [1.29, 1.82) is 0 Å². The van der Waals surface area contributed by atoms with Gasteiger partial charge in [-0.15, -0.1) is 0 Å². The fourth-order valence-electron chi connectivity index (χ4n) is 3.92. The van der Waals surface area contributed by atoms with Gasteiger partial charge in [0.1, 0.15) is 24.2 Å². The molecule has 16 nitrogen and oxygen atoms in total. The lowest BCUT2D eigenvalue weighted by Gasteiger charge is -2.19. The van der Waals surface area contributed by atoms with Gasteiger partial charge in [0.05, 0.1) is 28.4 Å². The summed E-state index contributed by atoms with van der Waals surface area (Å²) in [5.74, 6) is -3.90. The van der Waals surface area contributed by atoms with Gasteiger partial charge in [0.25, 0.3) is 0 Å². The maximum Gasteiger partial charge on any atom is 0.329 e. The van der Waals surface area contributed by atoms with Crippen LogP contribution in [0.15, 0.2) is 0 Å². The molecule has 0 bridgehead atoms. The average molecular weight is 757 g/mol. The summed E-state index contributed by atoms with van der Waals surface area (Å²) >= 11 is 0. The summed E-state index contributed by atoms with van der Waals surface area (Å²) in [5, 5.41) is 10.5. The van der Waals surface area contributed by atoms with Crippen LogP contribution in [0.2, 0.25) is 0 Å². The number of carbonyl (C=O) groups is 8. The molecule has 0 radical (unpaired) electrons. The molecule has 1 heterocycles. The molecule has 4 amide bonds. The normalized spacial score (nSPS) is 24.1. The van der Waals surface area contributed by atoms with E-state index in [4.69, 9.17) is 18.9 Å². The highest BCUT2D eigenvalue weighted by molar-refractivity contribution is 8.77. The molecule has 1 fully saturated rings. The highest BCUT2D eigenvalue weighted by Gasteiger charge is 2.26. The molecular formula is C28H44N4O12S4. The second-order valence-corrected chi connectivity index (χ2v) is 15.2. The second kappa shape index (κ2) is 25.2. The van der Waals surface area contributed by atoms with Crippen molar-refractivity contribution in [1.82, 2.24) is 21.3 Å². The molecule has 0 spiro atoms. The molecule has 0 aromatic heterocycles. The van der Waals surface area contributed by atoms with Gasteiger partial charge < -0.3 is 40.2 Å². The molecule has 4 N–H and O–H groups in total. The molecule has 272 valence electrons. The van der Waals surface area contributed by atoms with Crippen LogP contribution >= 0.6 is 43.2 Å². The summed E-state index contributed by atoms with van der Waals surface area (Å²) < 4.78 is 19.2. The topological polar surface area (TPSA) is 222 Å². The van der Waals surface area contributed by atoms with Gasteiger partial charge in [-0.2, -0.15) is 0 Å². The number of carbonyl (C=O) groups excluding carboxylic acids is 8. The van der Waals surface area contributed by atoms with Crippen LogP contribution in [0.4, 0.5) is 0 Å². The number of nitrogens with one attached hydrogen (secondary N) is 4. The van der Waals surface area contributed by atoms with Crippen LogP contribution in [0, 0.1) is 0 Å². The Kier molecular flexibility index (Phi) is 22.7. The maximum absolute atomic E-state index is 12.5. The first-order valence-electron chi connectivity index (χ1n) is 14.9. The summed E-state index contributed by atoms with van der Waals surface area (Å²) in [7, 11) is 9.51. The van der Waals surface area contributed by atoms with E-state index in [9.17, 15) is 38.4 Å². The van der Waals surface area contributed by atoms with Gasteiger partial charge in [0.2, 0.25) is 23.6 Å². The minimum absolute atomic E-state index is 0.0276. The Morgan fingerprint density at radius 1 is 0.438 bits per heavy atom. The number of hydrogen-bond acceptors (Lipinski definition) is 16. The van der Waals surface area contributed by atoms with E-state index in [1.54, 1.807) is 0 Å². The number of rotatable bonds is 4. The summed E-state index contributed by atoms with van der Waals surface area (Å²) in [5.41, 5.74) is 0. The van der Waals surface area contributed by atoms with Gasteiger partial charge in [-0.3, -0.25) is 19.2 Å². The Hall–Kier alpha value is -2.84. The molecule has 4 atom stereocenters. The number of methoxy groups -OCH3 is 4. The molecule has 1 aliphatic rings. The van der Waals surface area contributed by atoms with Gasteiger partial charge in [-0.1, -0.05) is 43.2 Å². The lowest BCUT2D eigenvalue weighted by molar-refractivity contribution is -0.144. The van der Waals surface area contributed by atoms with E-state index in [-0.39, 0.29) is 48.7 Å². The van der Waals surface area contributed by atoms with Crippen LogP contribution in [-0.2, 0) is 57.3 Å². The van der Waals surface area contributed by atoms with Crippen molar-refractivity contribution in [3.05, 3.63) is 0 Å². The first-order chi connectivity index (χ1) is 22.9. The smallest absolute Gasteiger partial charge is 0.329 e. The van der Waals surface area contributed by atoms with Gasteiger partial charge in [0, 0.05) is 48.7 Å². The summed E-state index contributed by atoms with van der Waals surface area (Å²) in [6, 6.07) is -3.90. The molecule has 0 saturated carbocycles. The fraction of sp³-hybridized carbons (Fsp3) is 0.714. The third-order valence-electron chi connectivity index (χ3n) is 6.50. The summed E-state index contributed by atoms with van der Waals surface area (Å²) in [6.07, 6.45) is 1.40. The number of esters is 4. The van der Waals surface area contributed by atoms with Crippen molar-refractivity contribution in [2.75, 3.05) is 51.5 Å². The number of hydrogen-bond donors (Lipinski definition) is 4. The summed E-state index contributed by atoms with van der Waals surface area (Å²) in [6.45, 7) is 0. The van der Waals surface area contributed by atoms with Gasteiger partial charge in [-0.25, -0.2) is 19.2 Å².